The molecule has 0 aliphatic rings. The molecule has 12 nitrogen and oxygen atoms in total. The molecular weight excluding hydrogens is 1080 g/mol. The summed E-state index contributed by atoms with van der Waals surface area (Å²) < 4.78 is 79.7. The molecule has 0 atom stereocenters. The summed E-state index contributed by atoms with van der Waals surface area (Å²) in [7, 11) is 3.99. The Morgan fingerprint density at radius 1 is 0.500 bits per heavy atom. The van der Waals surface area contributed by atoms with Crippen molar-refractivity contribution in [2.75, 3.05) is 37.8 Å². The Kier molecular flexibility index (Phi) is 20.6. The summed E-state index contributed by atoms with van der Waals surface area (Å²) in [5.41, 5.74) is 5.19. The van der Waals surface area contributed by atoms with Crippen molar-refractivity contribution < 1.29 is 45.5 Å². The topological polar surface area (TPSA) is 148 Å². The standard InChI is InChI=1S/C54H48Cl4F6N8O4/c1-71(31-35-9-7-11-37(23-35)49(73)67-47-19-15-39(55)27-41(47)51(75)69-65-29-33-13-17-45(57)43(25-33)53(59,60)61)21-5-3-4-6-22-72(2)32-36-10-8-12-38(24-36)50(74)68-48-20-16-40(56)28-42(48)52(76)70-66-30-34-14-18-46(58)44(26-34)54(62,63)64/h7-20,23-30H,3-6,21-22,31-32H2,1-2H3,(H,67,73)(H,68,74)(H,69,75)(H,70,76)/b65-29+,66-30+. The zero-order valence-corrected chi connectivity index (χ0v) is 43.6. The molecule has 0 saturated heterocycles. The van der Waals surface area contributed by atoms with E-state index in [1.807, 2.05) is 26.2 Å². The van der Waals surface area contributed by atoms with Gasteiger partial charge in [0.15, 0.2) is 0 Å². The van der Waals surface area contributed by atoms with Crippen molar-refractivity contribution in [1.29, 1.82) is 0 Å². The van der Waals surface area contributed by atoms with Gasteiger partial charge in [0.1, 0.15) is 0 Å². The van der Waals surface area contributed by atoms with Gasteiger partial charge in [0.25, 0.3) is 23.6 Å². The minimum Gasteiger partial charge on any atom is -0.321 e. The Bertz CT molecular complexity index is 2930. The lowest BCUT2D eigenvalue weighted by atomic mass is 10.1. The third-order valence-electron chi connectivity index (χ3n) is 11.4. The van der Waals surface area contributed by atoms with E-state index in [1.54, 1.807) is 36.4 Å². The monoisotopic (exact) mass is 1130 g/mol. The Hall–Kier alpha value is -6.80. The van der Waals surface area contributed by atoms with Crippen molar-refractivity contribution in [2.45, 2.75) is 51.1 Å². The molecule has 0 radical (unpaired) electrons. The number of carbonyl (C=O) groups excluding carboxylic acids is 4. The summed E-state index contributed by atoms with van der Waals surface area (Å²) in [6.45, 7) is 2.76. The van der Waals surface area contributed by atoms with Crippen molar-refractivity contribution >= 4 is 93.8 Å². The predicted molar refractivity (Wildman–Crippen MR) is 286 cm³/mol. The van der Waals surface area contributed by atoms with Gasteiger partial charge in [0, 0.05) is 34.3 Å². The molecular formula is C54H48Cl4F6N8O4. The van der Waals surface area contributed by atoms with E-state index < -0.39 is 57.2 Å². The fourth-order valence-corrected chi connectivity index (χ4v) is 8.46. The van der Waals surface area contributed by atoms with Crippen LogP contribution in [0.3, 0.4) is 0 Å². The molecule has 6 aromatic carbocycles. The maximum Gasteiger partial charge on any atom is 0.417 e. The number of hydrogen-bond acceptors (Lipinski definition) is 8. The molecule has 22 heteroatoms. The molecule has 4 N–H and O–H groups in total. The molecule has 0 aliphatic carbocycles. The number of nitrogens with zero attached hydrogens (tertiary/aromatic N) is 4. The van der Waals surface area contributed by atoms with Gasteiger partial charge in [-0.1, -0.05) is 95.6 Å². The molecule has 0 bridgehead atoms. The number of unbranched alkanes of at least 4 members (excludes halogenated alkanes) is 3. The van der Waals surface area contributed by atoms with Crippen LogP contribution in [0.2, 0.25) is 20.1 Å². The highest BCUT2D eigenvalue weighted by Gasteiger charge is 2.34. The number of benzene rings is 6. The molecule has 76 heavy (non-hydrogen) atoms. The fraction of sp³-hybridized carbons (Fsp3) is 0.222. The lowest BCUT2D eigenvalue weighted by Crippen LogP contribution is -2.22. The van der Waals surface area contributed by atoms with Gasteiger partial charge in [-0.3, -0.25) is 19.2 Å². The van der Waals surface area contributed by atoms with Crippen LogP contribution in [0.25, 0.3) is 0 Å². The van der Waals surface area contributed by atoms with Gasteiger partial charge in [0.05, 0.1) is 56.1 Å². The summed E-state index contributed by atoms with van der Waals surface area (Å²) in [6.07, 6.45) is -3.45. The molecule has 0 spiro atoms. The molecule has 0 aromatic heterocycles. The van der Waals surface area contributed by atoms with E-state index >= 15 is 0 Å². The Morgan fingerprint density at radius 2 is 0.895 bits per heavy atom. The van der Waals surface area contributed by atoms with Crippen LogP contribution in [-0.2, 0) is 25.4 Å². The maximum atomic E-state index is 13.4. The second-order valence-electron chi connectivity index (χ2n) is 17.5. The van der Waals surface area contributed by atoms with Gasteiger partial charge in [-0.25, -0.2) is 10.9 Å². The Labute approximate surface area is 454 Å². The zero-order valence-electron chi connectivity index (χ0n) is 40.6. The van der Waals surface area contributed by atoms with Gasteiger partial charge < -0.3 is 20.4 Å². The van der Waals surface area contributed by atoms with Gasteiger partial charge in [0.2, 0.25) is 0 Å². The first kappa shape index (κ1) is 58.5. The normalized spacial score (nSPS) is 11.9. The number of alkyl halides is 6. The summed E-state index contributed by atoms with van der Waals surface area (Å²) >= 11 is 23.7. The van der Waals surface area contributed by atoms with Crippen molar-refractivity contribution in [3.05, 3.63) is 197 Å². The first-order valence-electron chi connectivity index (χ1n) is 23.2. The van der Waals surface area contributed by atoms with Gasteiger partial charge in [-0.15, -0.1) is 0 Å². The van der Waals surface area contributed by atoms with Gasteiger partial charge in [-0.05, 0) is 147 Å². The molecule has 4 amide bonds. The van der Waals surface area contributed by atoms with E-state index in [0.717, 1.165) is 86.6 Å². The number of anilines is 2. The second kappa shape index (κ2) is 26.8. The first-order valence-corrected chi connectivity index (χ1v) is 24.7. The molecule has 398 valence electrons. The van der Waals surface area contributed by atoms with Crippen LogP contribution >= 0.6 is 46.4 Å². The summed E-state index contributed by atoms with van der Waals surface area (Å²) in [5.74, 6) is -2.51. The lowest BCUT2D eigenvalue weighted by Gasteiger charge is -2.18. The Balaban J connectivity index is 0.919. The fourth-order valence-electron chi connectivity index (χ4n) is 7.67. The second-order valence-corrected chi connectivity index (χ2v) is 19.1. The zero-order chi connectivity index (χ0) is 55.2. The maximum absolute atomic E-state index is 13.4. The van der Waals surface area contributed by atoms with Crippen molar-refractivity contribution in [3.8, 4) is 0 Å². The van der Waals surface area contributed by atoms with Gasteiger partial charge >= 0.3 is 12.4 Å². The van der Waals surface area contributed by atoms with Crippen molar-refractivity contribution in [2.24, 2.45) is 10.2 Å². The van der Waals surface area contributed by atoms with E-state index in [-0.39, 0.29) is 43.7 Å². The SMILES string of the molecule is CN(CCCCCCN(C)Cc1cccc(C(=O)Nc2ccc(Cl)cc2C(=O)N/N=C/c2ccc(Cl)c(C(F)(F)F)c2)c1)Cc1cccc(C(=O)Nc2ccc(Cl)cc2C(=O)N/N=C/c2ccc(Cl)c(C(F)(F)F)c2)c1. The molecule has 0 aliphatic heterocycles. The number of hydrogen-bond donors (Lipinski definition) is 4. The van der Waals surface area contributed by atoms with E-state index in [1.165, 1.54) is 48.5 Å². The first-order chi connectivity index (χ1) is 36.0. The van der Waals surface area contributed by atoms with E-state index in [4.69, 9.17) is 46.4 Å². The largest absolute Gasteiger partial charge is 0.417 e. The number of nitrogens with one attached hydrogen (secondary N) is 4. The van der Waals surface area contributed by atoms with Crippen LogP contribution in [-0.4, -0.2) is 73.0 Å². The number of carbonyl (C=O) groups is 4. The molecule has 6 aromatic rings. The molecule has 0 heterocycles. The highest BCUT2D eigenvalue weighted by atomic mass is 35.5. The van der Waals surface area contributed by atoms with Gasteiger partial charge in [-0.2, -0.15) is 36.5 Å². The van der Waals surface area contributed by atoms with Crippen LogP contribution in [0, 0.1) is 0 Å². The molecule has 6 rings (SSSR count). The van der Waals surface area contributed by atoms with Crippen LogP contribution in [0.15, 0.2) is 132 Å². The molecule has 0 unspecified atom stereocenters. The highest BCUT2D eigenvalue weighted by molar-refractivity contribution is 6.32. The van der Waals surface area contributed by atoms with E-state index in [2.05, 4.69) is 41.5 Å². The average molecular weight is 1130 g/mol. The third-order valence-corrected chi connectivity index (χ3v) is 12.5. The van der Waals surface area contributed by atoms with Crippen LogP contribution < -0.4 is 21.5 Å². The van der Waals surface area contributed by atoms with Crippen molar-refractivity contribution in [3.63, 3.8) is 0 Å². The predicted octanol–water partition coefficient (Wildman–Crippen LogP) is 13.5. The highest BCUT2D eigenvalue weighted by Crippen LogP contribution is 2.36. The molecule has 0 saturated carbocycles. The quantitative estimate of drug-likeness (QED) is 0.0244. The summed E-state index contributed by atoms with van der Waals surface area (Å²) in [6, 6.07) is 29.1. The van der Waals surface area contributed by atoms with E-state index in [0.29, 0.717) is 24.2 Å². The number of hydrazone groups is 2. The number of rotatable bonds is 21. The minimum atomic E-state index is -4.68. The number of amides is 4. The van der Waals surface area contributed by atoms with E-state index in [9.17, 15) is 45.5 Å². The van der Waals surface area contributed by atoms with Crippen LogP contribution in [0.5, 0.6) is 0 Å². The summed E-state index contributed by atoms with van der Waals surface area (Å²) in [5, 5.41) is 12.5. The van der Waals surface area contributed by atoms with Crippen molar-refractivity contribution in [1.82, 2.24) is 20.7 Å². The minimum absolute atomic E-state index is 0.0266. The lowest BCUT2D eigenvalue weighted by molar-refractivity contribution is -0.138. The average Bonchev–Trinajstić information content (AvgIpc) is 3.36. The van der Waals surface area contributed by atoms with Crippen LogP contribution in [0.4, 0.5) is 37.7 Å². The number of halogens is 10. The Morgan fingerprint density at radius 3 is 1.28 bits per heavy atom. The third kappa shape index (κ3) is 17.4. The smallest absolute Gasteiger partial charge is 0.321 e. The van der Waals surface area contributed by atoms with Crippen LogP contribution in [0.1, 0.15) is 100 Å². The summed E-state index contributed by atoms with van der Waals surface area (Å²) in [4.78, 5) is 57.4. The molecule has 0 fully saturated rings.